The second kappa shape index (κ2) is 6.53. The minimum Gasteiger partial charge on any atom is -0.504 e. The van der Waals surface area contributed by atoms with E-state index in [2.05, 4.69) is 4.74 Å². The molecule has 0 aliphatic rings. The second-order valence-corrected chi connectivity index (χ2v) is 3.85. The summed E-state index contributed by atoms with van der Waals surface area (Å²) in [4.78, 5) is 33.4. The van der Waals surface area contributed by atoms with Gasteiger partial charge in [-0.05, 0) is 25.1 Å². The van der Waals surface area contributed by atoms with Gasteiger partial charge in [-0.3, -0.25) is 14.4 Å². The summed E-state index contributed by atoms with van der Waals surface area (Å²) in [5.74, 6) is -1.50. The van der Waals surface area contributed by atoms with Crippen molar-refractivity contribution in [2.45, 2.75) is 13.3 Å². The number of carbonyl (C=O) groups is 3. The van der Waals surface area contributed by atoms with Crippen LogP contribution in [0.2, 0.25) is 0 Å². The Kier molecular flexibility index (Phi) is 5.05. The fraction of sp³-hybridized carbons (Fsp3) is 0.308. The Hall–Kier alpha value is -2.37. The SMILES string of the molecule is COc1ccc(C(=O)COC(=O)CC(C)=O)cc1O. The normalized spacial score (nSPS) is 9.79. The third-order valence-electron chi connectivity index (χ3n) is 2.26. The second-order valence-electron chi connectivity index (χ2n) is 3.85. The molecule has 0 aromatic heterocycles. The number of carbonyl (C=O) groups excluding carboxylic acids is 3. The van der Waals surface area contributed by atoms with Crippen molar-refractivity contribution in [2.75, 3.05) is 13.7 Å². The lowest BCUT2D eigenvalue weighted by Crippen LogP contribution is -2.15. The number of Topliss-reactive ketones (excluding diaryl/α,β-unsaturated/α-hetero) is 2. The van der Waals surface area contributed by atoms with E-state index in [-0.39, 0.29) is 29.3 Å². The molecule has 102 valence electrons. The topological polar surface area (TPSA) is 89.9 Å². The van der Waals surface area contributed by atoms with Gasteiger partial charge in [-0.2, -0.15) is 0 Å². The van der Waals surface area contributed by atoms with Crippen LogP contribution in [0.5, 0.6) is 11.5 Å². The van der Waals surface area contributed by atoms with Crippen LogP contribution >= 0.6 is 0 Å². The minimum absolute atomic E-state index is 0.177. The van der Waals surface area contributed by atoms with Crippen molar-refractivity contribution in [1.82, 2.24) is 0 Å². The molecule has 0 bridgehead atoms. The highest BCUT2D eigenvalue weighted by atomic mass is 16.5. The monoisotopic (exact) mass is 266 g/mol. The van der Waals surface area contributed by atoms with Gasteiger partial charge >= 0.3 is 5.97 Å². The van der Waals surface area contributed by atoms with E-state index in [1.807, 2.05) is 0 Å². The van der Waals surface area contributed by atoms with Crippen molar-refractivity contribution in [3.05, 3.63) is 23.8 Å². The van der Waals surface area contributed by atoms with E-state index in [0.717, 1.165) is 0 Å². The molecule has 6 nitrogen and oxygen atoms in total. The van der Waals surface area contributed by atoms with Gasteiger partial charge < -0.3 is 14.6 Å². The maximum atomic E-state index is 11.7. The standard InChI is InChI=1S/C13H14O6/c1-8(14)5-13(17)19-7-11(16)9-3-4-12(18-2)10(15)6-9/h3-4,6,15H,5,7H2,1-2H3. The van der Waals surface area contributed by atoms with E-state index in [0.29, 0.717) is 0 Å². The van der Waals surface area contributed by atoms with Crippen LogP contribution in [0.25, 0.3) is 0 Å². The van der Waals surface area contributed by atoms with Crippen molar-refractivity contribution < 1.29 is 29.0 Å². The van der Waals surface area contributed by atoms with Gasteiger partial charge in [-0.15, -0.1) is 0 Å². The number of rotatable bonds is 6. The molecule has 0 amide bonds. The molecule has 0 atom stereocenters. The molecule has 19 heavy (non-hydrogen) atoms. The Morgan fingerprint density at radius 3 is 2.47 bits per heavy atom. The first-order valence-corrected chi connectivity index (χ1v) is 5.49. The molecule has 0 aliphatic heterocycles. The first-order valence-electron chi connectivity index (χ1n) is 5.49. The number of hydrogen-bond donors (Lipinski definition) is 1. The van der Waals surface area contributed by atoms with E-state index in [1.54, 1.807) is 0 Å². The Labute approximate surface area is 109 Å². The van der Waals surface area contributed by atoms with E-state index in [1.165, 1.54) is 32.2 Å². The average molecular weight is 266 g/mol. The summed E-state index contributed by atoms with van der Waals surface area (Å²) < 4.78 is 9.48. The zero-order valence-electron chi connectivity index (χ0n) is 10.6. The number of aromatic hydroxyl groups is 1. The summed E-state index contributed by atoms with van der Waals surface area (Å²) in [7, 11) is 1.39. The zero-order valence-corrected chi connectivity index (χ0v) is 10.6. The molecule has 0 heterocycles. The average Bonchev–Trinajstić information content (AvgIpc) is 2.35. The summed E-state index contributed by atoms with van der Waals surface area (Å²) in [6.45, 7) is 0.780. The van der Waals surface area contributed by atoms with Crippen LogP contribution in [0.3, 0.4) is 0 Å². The highest BCUT2D eigenvalue weighted by Crippen LogP contribution is 2.26. The maximum absolute atomic E-state index is 11.7. The van der Waals surface area contributed by atoms with Crippen molar-refractivity contribution in [1.29, 1.82) is 0 Å². The van der Waals surface area contributed by atoms with Crippen LogP contribution in [-0.2, 0) is 14.3 Å². The summed E-state index contributed by atoms with van der Waals surface area (Å²) in [5, 5.41) is 9.51. The van der Waals surface area contributed by atoms with Gasteiger partial charge in [0.05, 0.1) is 7.11 Å². The molecule has 0 fully saturated rings. The first kappa shape index (κ1) is 14.7. The molecule has 0 aliphatic carbocycles. The molecule has 0 saturated heterocycles. The largest absolute Gasteiger partial charge is 0.504 e. The summed E-state index contributed by atoms with van der Waals surface area (Å²) in [5.41, 5.74) is 0.189. The lowest BCUT2D eigenvalue weighted by atomic mass is 10.1. The van der Waals surface area contributed by atoms with E-state index < -0.39 is 18.4 Å². The van der Waals surface area contributed by atoms with E-state index in [4.69, 9.17) is 4.74 Å². The number of phenolic OH excluding ortho intramolecular Hbond substituents is 1. The van der Waals surface area contributed by atoms with Crippen LogP contribution in [0.4, 0.5) is 0 Å². The summed E-state index contributed by atoms with van der Waals surface area (Å²) in [6, 6.07) is 4.10. The lowest BCUT2D eigenvalue weighted by molar-refractivity contribution is -0.144. The van der Waals surface area contributed by atoms with Crippen LogP contribution in [0.15, 0.2) is 18.2 Å². The third kappa shape index (κ3) is 4.42. The van der Waals surface area contributed by atoms with Crippen molar-refractivity contribution in [2.24, 2.45) is 0 Å². The summed E-state index contributed by atoms with van der Waals surface area (Å²) >= 11 is 0. The highest BCUT2D eigenvalue weighted by Gasteiger charge is 2.13. The Morgan fingerprint density at radius 2 is 1.95 bits per heavy atom. The van der Waals surface area contributed by atoms with Gasteiger partial charge in [0.15, 0.2) is 23.9 Å². The smallest absolute Gasteiger partial charge is 0.313 e. The van der Waals surface area contributed by atoms with Gasteiger partial charge in [-0.25, -0.2) is 0 Å². The Morgan fingerprint density at radius 1 is 1.26 bits per heavy atom. The Balaban J connectivity index is 2.61. The van der Waals surface area contributed by atoms with Crippen LogP contribution < -0.4 is 4.74 Å². The molecular weight excluding hydrogens is 252 g/mol. The van der Waals surface area contributed by atoms with Crippen LogP contribution in [0.1, 0.15) is 23.7 Å². The zero-order chi connectivity index (χ0) is 14.4. The van der Waals surface area contributed by atoms with Crippen molar-refractivity contribution >= 4 is 17.5 Å². The quantitative estimate of drug-likeness (QED) is 0.471. The number of hydrogen-bond acceptors (Lipinski definition) is 6. The Bertz CT molecular complexity index is 506. The molecule has 0 radical (unpaired) electrons. The molecule has 1 aromatic rings. The van der Waals surface area contributed by atoms with Crippen LogP contribution in [-0.4, -0.2) is 36.4 Å². The van der Waals surface area contributed by atoms with Gasteiger partial charge in [0.2, 0.25) is 0 Å². The molecule has 0 saturated carbocycles. The summed E-state index contributed by atoms with van der Waals surface area (Å²) in [6.07, 6.45) is -0.360. The highest BCUT2D eigenvalue weighted by molar-refractivity contribution is 6.00. The van der Waals surface area contributed by atoms with Gasteiger partial charge in [0.25, 0.3) is 0 Å². The first-order chi connectivity index (χ1) is 8.93. The maximum Gasteiger partial charge on any atom is 0.313 e. The molecule has 0 spiro atoms. The predicted molar refractivity (Wildman–Crippen MR) is 65.2 cm³/mol. The molecule has 6 heteroatoms. The number of phenols is 1. The number of ketones is 2. The number of esters is 1. The minimum atomic E-state index is -0.751. The molecule has 1 rings (SSSR count). The number of ether oxygens (including phenoxy) is 2. The van der Waals surface area contributed by atoms with E-state index in [9.17, 15) is 19.5 Å². The molecular formula is C13H14O6. The lowest BCUT2D eigenvalue weighted by Gasteiger charge is -2.06. The molecule has 1 N–H and O–H groups in total. The van der Waals surface area contributed by atoms with Gasteiger partial charge in [0.1, 0.15) is 12.2 Å². The number of benzene rings is 1. The number of methoxy groups -OCH3 is 1. The van der Waals surface area contributed by atoms with Gasteiger partial charge in [-0.1, -0.05) is 0 Å². The van der Waals surface area contributed by atoms with Gasteiger partial charge in [0, 0.05) is 5.56 Å². The van der Waals surface area contributed by atoms with Crippen LogP contribution in [0, 0.1) is 0 Å². The van der Waals surface area contributed by atoms with E-state index >= 15 is 0 Å². The fourth-order valence-corrected chi connectivity index (χ4v) is 1.35. The third-order valence-corrected chi connectivity index (χ3v) is 2.26. The predicted octanol–water partition coefficient (Wildman–Crippen LogP) is 1.11. The van der Waals surface area contributed by atoms with Crippen molar-refractivity contribution in [3.8, 4) is 11.5 Å². The fourth-order valence-electron chi connectivity index (χ4n) is 1.35. The molecule has 1 aromatic carbocycles. The molecule has 0 unspecified atom stereocenters. The van der Waals surface area contributed by atoms with Crippen molar-refractivity contribution in [3.63, 3.8) is 0 Å².